The van der Waals surface area contributed by atoms with Crippen LogP contribution >= 0.6 is 0 Å². The Bertz CT molecular complexity index is 886. The summed E-state index contributed by atoms with van der Waals surface area (Å²) in [5, 5.41) is 46.4. The van der Waals surface area contributed by atoms with Crippen molar-refractivity contribution in [3.05, 3.63) is 35.7 Å². The first kappa shape index (κ1) is 19.6. The van der Waals surface area contributed by atoms with Gasteiger partial charge in [-0.15, -0.1) is 5.10 Å². The van der Waals surface area contributed by atoms with Gasteiger partial charge in [0.25, 0.3) is 0 Å². The van der Waals surface area contributed by atoms with E-state index in [0.29, 0.717) is 31.6 Å². The highest BCUT2D eigenvalue weighted by molar-refractivity contribution is 6.59. The molecule has 0 aliphatic carbocycles. The van der Waals surface area contributed by atoms with Crippen LogP contribution in [0.2, 0.25) is 6.32 Å². The zero-order valence-electron chi connectivity index (χ0n) is 15.6. The molecule has 1 saturated heterocycles. The molecule has 29 heavy (non-hydrogen) atoms. The molecular weight excluding hydrogens is 383 g/mol. The van der Waals surface area contributed by atoms with Crippen molar-refractivity contribution in [1.29, 1.82) is 0 Å². The van der Waals surface area contributed by atoms with Crippen LogP contribution in [0.4, 0.5) is 0 Å². The molecule has 1 aromatic carbocycles. The molecule has 156 valence electrons. The van der Waals surface area contributed by atoms with Gasteiger partial charge >= 0.3 is 12.7 Å². The minimum Gasteiger partial charge on any atom is -0.669 e. The maximum absolute atomic E-state index is 11.8. The Hall–Kier alpha value is -2.67. The maximum Gasteiger partial charge on any atom is 0.430 e. The van der Waals surface area contributed by atoms with Gasteiger partial charge in [0, 0.05) is 25.8 Å². The average Bonchev–Trinajstić information content (AvgIpc) is 3.16. The summed E-state index contributed by atoms with van der Waals surface area (Å²) in [6.07, 6.45) is 3.32. The monoisotopic (exact) mass is 405 g/mol. The van der Waals surface area contributed by atoms with Gasteiger partial charge in [-0.2, -0.15) is 0 Å². The van der Waals surface area contributed by atoms with Crippen LogP contribution in [-0.2, 0) is 6.42 Å². The van der Waals surface area contributed by atoms with Gasteiger partial charge in [0.1, 0.15) is 17.4 Å². The summed E-state index contributed by atoms with van der Waals surface area (Å²) in [6.45, 7) is -1.50. The lowest BCUT2D eigenvalue weighted by Crippen LogP contribution is -2.55. The number of carbonyl (C=O) groups is 1. The van der Waals surface area contributed by atoms with E-state index >= 15 is 0 Å². The average molecular weight is 405 g/mol. The molecule has 0 unspecified atom stereocenters. The van der Waals surface area contributed by atoms with Gasteiger partial charge in [0.05, 0.1) is 24.6 Å². The van der Waals surface area contributed by atoms with Gasteiger partial charge in [-0.1, -0.05) is 17.6 Å². The van der Waals surface area contributed by atoms with E-state index in [2.05, 4.69) is 15.2 Å². The summed E-state index contributed by atoms with van der Waals surface area (Å²) < 4.78 is 12.6. The van der Waals surface area contributed by atoms with Crippen molar-refractivity contribution in [3.8, 4) is 11.5 Å². The molecule has 4 N–H and O–H groups in total. The summed E-state index contributed by atoms with van der Waals surface area (Å²) in [5.74, 6) is -1.17. The number of aliphatic hydroxyl groups is 1. The first-order valence-corrected chi connectivity index (χ1v) is 9.40. The Morgan fingerprint density at radius 2 is 2.17 bits per heavy atom. The van der Waals surface area contributed by atoms with Crippen LogP contribution in [0.1, 0.15) is 22.0 Å². The summed E-state index contributed by atoms with van der Waals surface area (Å²) in [7, 11) is 0. The number of aliphatic hydroxyl groups excluding tert-OH is 1. The predicted molar refractivity (Wildman–Crippen MR) is 99.7 cm³/mol. The standard InChI is InChI=1S/C17H22BN4O7/c23-10-12(22-6-5-19-20-22)7-21-8-13(9-21)28-14-2-1-11-3-4-18(26,27)29-16(11)15(14)17(24)25/h1-2,5-6,12-13,23,26-27H,3-4,7-10H2,(H,24,25)/q-1/t12-/m0/s1. The number of hydrogen-bond donors (Lipinski definition) is 4. The van der Waals surface area contributed by atoms with E-state index in [1.807, 2.05) is 0 Å². The first-order chi connectivity index (χ1) is 13.9. The number of aromatic carboxylic acids is 1. The third-order valence-corrected chi connectivity index (χ3v) is 5.22. The fourth-order valence-electron chi connectivity index (χ4n) is 3.69. The fourth-order valence-corrected chi connectivity index (χ4v) is 3.69. The predicted octanol–water partition coefficient (Wildman–Crippen LogP) is -0.869. The number of likely N-dealkylation sites (tertiary alicyclic amines) is 1. The largest absolute Gasteiger partial charge is 0.669 e. The molecule has 4 rings (SSSR count). The summed E-state index contributed by atoms with van der Waals surface area (Å²) in [5.41, 5.74) is 0.398. The Kier molecular flexibility index (Phi) is 5.17. The highest BCUT2D eigenvalue weighted by Crippen LogP contribution is 2.39. The van der Waals surface area contributed by atoms with Crippen LogP contribution in [0.25, 0.3) is 0 Å². The molecule has 2 aliphatic rings. The summed E-state index contributed by atoms with van der Waals surface area (Å²) >= 11 is 0. The number of rotatable bonds is 7. The molecule has 11 nitrogen and oxygen atoms in total. The Balaban J connectivity index is 1.43. The molecule has 1 atom stereocenters. The zero-order chi connectivity index (χ0) is 20.6. The van der Waals surface area contributed by atoms with E-state index in [1.54, 1.807) is 29.2 Å². The highest BCUT2D eigenvalue weighted by atomic mass is 16.6. The molecule has 3 heterocycles. The van der Waals surface area contributed by atoms with Crippen molar-refractivity contribution in [2.75, 3.05) is 26.2 Å². The van der Waals surface area contributed by atoms with E-state index in [1.165, 1.54) is 0 Å². The van der Waals surface area contributed by atoms with Crippen molar-refractivity contribution in [3.63, 3.8) is 0 Å². The number of ether oxygens (including phenoxy) is 1. The number of aryl methyl sites for hydroxylation is 1. The second kappa shape index (κ2) is 7.63. The van der Waals surface area contributed by atoms with E-state index in [-0.39, 0.29) is 42.1 Å². The second-order valence-electron chi connectivity index (χ2n) is 7.42. The molecule has 1 fully saturated rings. The Morgan fingerprint density at radius 1 is 1.38 bits per heavy atom. The highest BCUT2D eigenvalue weighted by Gasteiger charge is 2.35. The topological polar surface area (TPSA) is 150 Å². The van der Waals surface area contributed by atoms with Crippen molar-refractivity contribution in [2.45, 2.75) is 24.9 Å². The van der Waals surface area contributed by atoms with Gasteiger partial charge in [0.2, 0.25) is 0 Å². The van der Waals surface area contributed by atoms with Crippen molar-refractivity contribution in [1.82, 2.24) is 19.9 Å². The van der Waals surface area contributed by atoms with Gasteiger partial charge in [0.15, 0.2) is 0 Å². The smallest absolute Gasteiger partial charge is 0.430 e. The molecule has 0 amide bonds. The minimum atomic E-state index is -3.07. The number of carboxylic acids is 1. The molecule has 2 aliphatic heterocycles. The molecule has 0 bridgehead atoms. The first-order valence-electron chi connectivity index (χ1n) is 9.40. The van der Waals surface area contributed by atoms with Crippen LogP contribution in [0.15, 0.2) is 24.5 Å². The summed E-state index contributed by atoms with van der Waals surface area (Å²) in [4.78, 5) is 13.9. The minimum absolute atomic E-state index is 0.0155. The molecule has 0 radical (unpaired) electrons. The second-order valence-corrected chi connectivity index (χ2v) is 7.42. The Labute approximate surface area is 166 Å². The van der Waals surface area contributed by atoms with Crippen LogP contribution in [0.5, 0.6) is 11.5 Å². The third-order valence-electron chi connectivity index (χ3n) is 5.22. The number of benzene rings is 1. The fraction of sp³-hybridized carbons (Fsp3) is 0.471. The van der Waals surface area contributed by atoms with E-state index in [4.69, 9.17) is 9.39 Å². The van der Waals surface area contributed by atoms with Crippen molar-refractivity contribution < 1.29 is 34.4 Å². The van der Waals surface area contributed by atoms with Gasteiger partial charge in [-0.3, -0.25) is 4.90 Å². The normalized spacial score (nSPS) is 19.7. The zero-order valence-corrected chi connectivity index (χ0v) is 15.6. The lowest BCUT2D eigenvalue weighted by Gasteiger charge is -2.41. The van der Waals surface area contributed by atoms with Gasteiger partial charge < -0.3 is 29.7 Å². The lowest BCUT2D eigenvalue weighted by atomic mass is 9.70. The van der Waals surface area contributed by atoms with Gasteiger partial charge in [-0.05, 0) is 18.1 Å². The Morgan fingerprint density at radius 3 is 2.83 bits per heavy atom. The van der Waals surface area contributed by atoms with Crippen molar-refractivity contribution >= 4 is 12.7 Å². The van der Waals surface area contributed by atoms with E-state index in [0.717, 1.165) is 0 Å². The molecule has 12 heteroatoms. The number of fused-ring (bicyclic) bond motifs is 1. The van der Waals surface area contributed by atoms with Crippen molar-refractivity contribution in [2.24, 2.45) is 0 Å². The molecule has 0 saturated carbocycles. The quantitative estimate of drug-likeness (QED) is 0.428. The third kappa shape index (κ3) is 4.05. The number of carboxylic acid groups (broad SMARTS) is 1. The number of aromatic nitrogens is 3. The van der Waals surface area contributed by atoms with Gasteiger partial charge in [-0.25, -0.2) is 9.48 Å². The van der Waals surface area contributed by atoms with E-state index < -0.39 is 12.7 Å². The lowest BCUT2D eigenvalue weighted by molar-refractivity contribution is 0.00357. The maximum atomic E-state index is 11.8. The molecule has 1 aromatic heterocycles. The van der Waals surface area contributed by atoms with Crippen LogP contribution in [-0.4, -0.2) is 85.2 Å². The molecule has 2 aromatic rings. The van der Waals surface area contributed by atoms with E-state index in [9.17, 15) is 25.1 Å². The molecular formula is C17H22BN4O7-. The number of nitrogens with zero attached hydrogens (tertiary/aromatic N) is 4. The van der Waals surface area contributed by atoms with Crippen LogP contribution in [0.3, 0.4) is 0 Å². The number of hydrogen-bond acceptors (Lipinski definition) is 9. The van der Waals surface area contributed by atoms with Crippen LogP contribution in [0, 0.1) is 0 Å². The van der Waals surface area contributed by atoms with Crippen LogP contribution < -0.4 is 9.39 Å². The molecule has 0 spiro atoms. The SMILES string of the molecule is O=C(O)c1c(OC2CN(C[C@@H](CO)n3ccnn3)C2)ccc2c1O[B-](O)(O)CC2. The summed E-state index contributed by atoms with van der Waals surface area (Å²) in [6, 6.07) is 3.04.